The van der Waals surface area contributed by atoms with E-state index in [1.165, 1.54) is 64.4 Å². The smallest absolute Gasteiger partial charge is 0.258 e. The van der Waals surface area contributed by atoms with Crippen LogP contribution in [0.2, 0.25) is 10.0 Å². The topological polar surface area (TPSA) is 96.9 Å². The molecule has 0 saturated heterocycles. The molecule has 0 aliphatic rings. The molecule has 0 bridgehead atoms. The van der Waals surface area contributed by atoms with Crippen LogP contribution in [0, 0.1) is 5.82 Å². The number of thioether (sulfide) groups is 2. The average Bonchev–Trinajstić information content (AvgIpc) is 3.54. The molecule has 2 aromatic heterocycles. The predicted octanol–water partition coefficient (Wildman–Crippen LogP) is 7.87. The molecule has 0 aliphatic heterocycles. The first-order valence-electron chi connectivity index (χ1n) is 11.1. The number of carbonyl (C=O) groups is 2. The molecule has 0 fully saturated rings. The molecular weight excluding hydrogens is 620 g/mol. The number of benzene rings is 3. The monoisotopic (exact) mass is 635 g/mol. The van der Waals surface area contributed by atoms with E-state index in [0.29, 0.717) is 35.3 Å². The Kier molecular flexibility index (Phi) is 9.00. The van der Waals surface area contributed by atoms with E-state index in [4.69, 9.17) is 23.2 Å². The van der Waals surface area contributed by atoms with Crippen molar-refractivity contribution >= 4 is 102 Å². The SMILES string of the molecule is O=C(CSc1nc2ccc(NC(=O)c3ccccc3F)cc2s1)Nc1nnc(SCc2ccc(Cl)c(Cl)c2)s1. The van der Waals surface area contributed by atoms with Gasteiger partial charge in [0.1, 0.15) is 5.82 Å². The first-order chi connectivity index (χ1) is 18.8. The zero-order chi connectivity index (χ0) is 27.4. The Bertz CT molecular complexity index is 1680. The van der Waals surface area contributed by atoms with Crippen molar-refractivity contribution in [2.24, 2.45) is 0 Å². The fraction of sp³-hybridized carbons (Fsp3) is 0.0800. The van der Waals surface area contributed by atoms with E-state index in [0.717, 1.165) is 15.8 Å². The minimum absolute atomic E-state index is 0.0308. The van der Waals surface area contributed by atoms with Crippen LogP contribution < -0.4 is 10.6 Å². The summed E-state index contributed by atoms with van der Waals surface area (Å²) in [6.45, 7) is 0. The number of halogens is 3. The van der Waals surface area contributed by atoms with Crippen molar-refractivity contribution in [1.82, 2.24) is 15.2 Å². The second-order valence-electron chi connectivity index (χ2n) is 7.84. The third-order valence-corrected chi connectivity index (χ3v) is 10.0. The summed E-state index contributed by atoms with van der Waals surface area (Å²) in [6.07, 6.45) is 0. The van der Waals surface area contributed by atoms with Gasteiger partial charge in [0, 0.05) is 11.4 Å². The molecular formula is C25H16Cl2FN5O2S4. The zero-order valence-electron chi connectivity index (χ0n) is 19.6. The van der Waals surface area contributed by atoms with Crippen LogP contribution in [-0.4, -0.2) is 32.7 Å². The highest BCUT2D eigenvalue weighted by Crippen LogP contribution is 2.33. The molecule has 7 nitrogen and oxygen atoms in total. The molecule has 0 unspecified atom stereocenters. The fourth-order valence-corrected chi connectivity index (χ4v) is 7.20. The van der Waals surface area contributed by atoms with Crippen LogP contribution in [-0.2, 0) is 10.5 Å². The number of amides is 2. The molecule has 39 heavy (non-hydrogen) atoms. The number of aromatic nitrogens is 3. The van der Waals surface area contributed by atoms with Crippen molar-refractivity contribution < 1.29 is 14.0 Å². The Balaban J connectivity index is 1.13. The van der Waals surface area contributed by atoms with Crippen LogP contribution in [0.3, 0.4) is 0 Å². The van der Waals surface area contributed by atoms with Gasteiger partial charge < -0.3 is 5.32 Å². The summed E-state index contributed by atoms with van der Waals surface area (Å²) < 4.78 is 16.1. The summed E-state index contributed by atoms with van der Waals surface area (Å²) in [5, 5.41) is 15.0. The maximum Gasteiger partial charge on any atom is 0.258 e. The second kappa shape index (κ2) is 12.6. The van der Waals surface area contributed by atoms with E-state index >= 15 is 0 Å². The van der Waals surface area contributed by atoms with Crippen molar-refractivity contribution in [2.75, 3.05) is 16.4 Å². The van der Waals surface area contributed by atoms with Gasteiger partial charge in [-0.15, -0.1) is 21.5 Å². The van der Waals surface area contributed by atoms with Gasteiger partial charge in [-0.2, -0.15) is 0 Å². The highest BCUT2D eigenvalue weighted by molar-refractivity contribution is 8.01. The van der Waals surface area contributed by atoms with Gasteiger partial charge in [0.2, 0.25) is 11.0 Å². The summed E-state index contributed by atoms with van der Waals surface area (Å²) in [5.41, 5.74) is 2.23. The molecule has 14 heteroatoms. The van der Waals surface area contributed by atoms with Crippen molar-refractivity contribution in [1.29, 1.82) is 0 Å². The minimum atomic E-state index is -0.586. The van der Waals surface area contributed by atoms with Gasteiger partial charge in [-0.3, -0.25) is 14.9 Å². The zero-order valence-corrected chi connectivity index (χ0v) is 24.4. The predicted molar refractivity (Wildman–Crippen MR) is 159 cm³/mol. The first kappa shape index (κ1) is 27.8. The summed E-state index contributed by atoms with van der Waals surface area (Å²) >= 11 is 17.5. The molecule has 5 rings (SSSR count). The highest BCUT2D eigenvalue weighted by Gasteiger charge is 2.14. The van der Waals surface area contributed by atoms with E-state index < -0.39 is 11.7 Å². The quantitative estimate of drug-likeness (QED) is 0.126. The lowest BCUT2D eigenvalue weighted by Gasteiger charge is -2.05. The molecule has 0 atom stereocenters. The van der Waals surface area contributed by atoms with Crippen molar-refractivity contribution in [3.8, 4) is 0 Å². The Labute approximate surface area is 248 Å². The normalized spacial score (nSPS) is 11.1. The third-order valence-electron chi connectivity index (χ3n) is 5.07. The molecule has 2 N–H and O–H groups in total. The van der Waals surface area contributed by atoms with Crippen LogP contribution in [0.25, 0.3) is 10.2 Å². The van der Waals surface area contributed by atoms with Crippen LogP contribution in [0.5, 0.6) is 0 Å². The third kappa shape index (κ3) is 7.27. The Hall–Kier alpha value is -2.74. The number of hydrogen-bond acceptors (Lipinski definition) is 9. The number of fused-ring (bicyclic) bond motifs is 1. The lowest BCUT2D eigenvalue weighted by atomic mass is 10.2. The van der Waals surface area contributed by atoms with Gasteiger partial charge in [0.25, 0.3) is 5.91 Å². The Morgan fingerprint density at radius 3 is 2.56 bits per heavy atom. The largest absolute Gasteiger partial charge is 0.322 e. The van der Waals surface area contributed by atoms with Crippen LogP contribution in [0.1, 0.15) is 15.9 Å². The molecule has 0 saturated carbocycles. The van der Waals surface area contributed by atoms with E-state index in [1.807, 2.05) is 12.1 Å². The molecule has 3 aromatic carbocycles. The van der Waals surface area contributed by atoms with E-state index in [-0.39, 0.29) is 17.2 Å². The molecule has 5 aromatic rings. The lowest BCUT2D eigenvalue weighted by molar-refractivity contribution is -0.113. The number of nitrogens with one attached hydrogen (secondary N) is 2. The number of anilines is 2. The van der Waals surface area contributed by atoms with Crippen LogP contribution >= 0.6 is 69.4 Å². The standard InChI is InChI=1S/C25H16Cl2FN5O2S4/c26-16-7-5-13(9-17(16)27)11-36-25-33-32-23(39-25)31-21(34)12-37-24-30-19-8-6-14(10-20(19)38-24)29-22(35)15-3-1-2-4-18(15)28/h1-10H,11-12H2,(H,29,35)(H,31,32,34). The Morgan fingerprint density at radius 1 is 0.897 bits per heavy atom. The van der Waals surface area contributed by atoms with Gasteiger partial charge in [-0.1, -0.05) is 76.3 Å². The van der Waals surface area contributed by atoms with Crippen molar-refractivity contribution in [2.45, 2.75) is 14.4 Å². The lowest BCUT2D eigenvalue weighted by Crippen LogP contribution is -2.13. The molecule has 0 spiro atoms. The molecule has 198 valence electrons. The van der Waals surface area contributed by atoms with Gasteiger partial charge in [-0.25, -0.2) is 9.37 Å². The van der Waals surface area contributed by atoms with Crippen LogP contribution in [0.4, 0.5) is 15.2 Å². The Morgan fingerprint density at radius 2 is 1.74 bits per heavy atom. The summed E-state index contributed by atoms with van der Waals surface area (Å²) in [6, 6.07) is 16.5. The number of hydrogen-bond donors (Lipinski definition) is 2. The van der Waals surface area contributed by atoms with Crippen LogP contribution in [0.15, 0.2) is 69.3 Å². The number of carbonyl (C=O) groups excluding carboxylic acids is 2. The van der Waals surface area contributed by atoms with E-state index in [1.54, 1.807) is 30.3 Å². The van der Waals surface area contributed by atoms with Gasteiger partial charge in [0.15, 0.2) is 8.68 Å². The molecule has 0 radical (unpaired) electrons. The van der Waals surface area contributed by atoms with Crippen molar-refractivity contribution in [3.63, 3.8) is 0 Å². The highest BCUT2D eigenvalue weighted by atomic mass is 35.5. The fourth-order valence-electron chi connectivity index (χ4n) is 3.26. The minimum Gasteiger partial charge on any atom is -0.322 e. The molecule has 0 aliphatic carbocycles. The summed E-state index contributed by atoms with van der Waals surface area (Å²) in [4.78, 5) is 29.4. The number of thiazole rings is 1. The van der Waals surface area contributed by atoms with Gasteiger partial charge in [-0.05, 0) is 48.0 Å². The van der Waals surface area contributed by atoms with Gasteiger partial charge >= 0.3 is 0 Å². The maximum absolute atomic E-state index is 13.9. The van der Waals surface area contributed by atoms with Crippen molar-refractivity contribution in [3.05, 3.63) is 87.7 Å². The molecule has 2 amide bonds. The van der Waals surface area contributed by atoms with Gasteiger partial charge in [0.05, 0.1) is 31.6 Å². The number of rotatable bonds is 9. The summed E-state index contributed by atoms with van der Waals surface area (Å²) in [5.74, 6) is -0.563. The van der Waals surface area contributed by atoms with E-state index in [2.05, 4.69) is 25.8 Å². The first-order valence-corrected chi connectivity index (χ1v) is 15.5. The average molecular weight is 637 g/mol. The van der Waals surface area contributed by atoms with E-state index in [9.17, 15) is 14.0 Å². The maximum atomic E-state index is 13.9. The summed E-state index contributed by atoms with van der Waals surface area (Å²) in [7, 11) is 0. The second-order valence-corrected chi connectivity index (χ2v) is 13.1. The molecule has 2 heterocycles. The number of nitrogens with zero attached hydrogens (tertiary/aromatic N) is 3.